The van der Waals surface area contributed by atoms with Gasteiger partial charge >= 0.3 is 19.5 Å². The molecule has 4 rings (SSSR count). The molecule has 3 heterocycles. The number of aliphatic hydroxyl groups is 6. The predicted molar refractivity (Wildman–Crippen MR) is 205 cm³/mol. The third kappa shape index (κ3) is 13.4. The van der Waals surface area contributed by atoms with Gasteiger partial charge in [-0.2, -0.15) is 4.98 Å². The van der Waals surface area contributed by atoms with Gasteiger partial charge in [-0.25, -0.2) is 18.7 Å². The van der Waals surface area contributed by atoms with Crippen molar-refractivity contribution in [3.63, 3.8) is 0 Å². The molecular weight excluding hydrogens is 837 g/mol. The summed E-state index contributed by atoms with van der Waals surface area (Å²) in [7, 11) is -5.63. The number of aliphatic hydroxyl groups excluding tert-OH is 6. The van der Waals surface area contributed by atoms with Crippen LogP contribution >= 0.6 is 7.82 Å². The first-order chi connectivity index (χ1) is 28.8. The summed E-state index contributed by atoms with van der Waals surface area (Å²) in [5.41, 5.74) is 6.11. The number of ether oxygens (including phenoxy) is 3. The lowest BCUT2D eigenvalue weighted by molar-refractivity contribution is -0.298. The maximum absolute atomic E-state index is 13.1. The van der Waals surface area contributed by atoms with E-state index in [0.29, 0.717) is 18.5 Å². The number of amides is 2. The summed E-state index contributed by atoms with van der Waals surface area (Å²) >= 11 is 0. The predicted octanol–water partition coefficient (Wildman–Crippen LogP) is -3.30. The number of phosphoric ester groups is 1. The summed E-state index contributed by atoms with van der Waals surface area (Å²) < 4.78 is 39.9. The molecule has 0 saturated carbocycles. The highest BCUT2D eigenvalue weighted by molar-refractivity contribution is 7.47. The molecular formula is C36H52N5O19P. The van der Waals surface area contributed by atoms with Crippen LogP contribution in [0.2, 0.25) is 0 Å². The van der Waals surface area contributed by atoms with E-state index in [1.54, 1.807) is 12.1 Å². The van der Waals surface area contributed by atoms with E-state index < -0.39 is 124 Å². The number of aliphatic carboxylic acids is 1. The molecule has 24 nitrogen and oxygen atoms in total. The Morgan fingerprint density at radius 3 is 2.43 bits per heavy atom. The summed E-state index contributed by atoms with van der Waals surface area (Å²) in [4.78, 5) is 76.4. The number of carbonyl (C=O) groups is 4. The number of nitrogens with zero attached hydrogens (tertiary/aromatic N) is 2. The van der Waals surface area contributed by atoms with Crippen molar-refractivity contribution in [1.29, 1.82) is 0 Å². The highest BCUT2D eigenvalue weighted by Crippen LogP contribution is 2.52. The Morgan fingerprint density at radius 1 is 1.08 bits per heavy atom. The molecule has 1 aromatic heterocycles. The molecule has 340 valence electrons. The summed E-state index contributed by atoms with van der Waals surface area (Å²) in [5, 5.41) is 77.8. The van der Waals surface area contributed by atoms with E-state index in [2.05, 4.69) is 15.6 Å². The molecule has 61 heavy (non-hydrogen) atoms. The largest absolute Gasteiger partial charge is 0.477 e. The number of benzene rings is 1. The van der Waals surface area contributed by atoms with Crippen LogP contribution in [0.3, 0.4) is 0 Å². The molecule has 0 aliphatic carbocycles. The van der Waals surface area contributed by atoms with Crippen molar-refractivity contribution in [2.45, 2.75) is 93.8 Å². The molecule has 0 bridgehead atoms. The Bertz CT molecular complexity index is 1920. The number of nitrogens with two attached hydrogens (primary N) is 1. The normalized spacial score (nSPS) is 27.1. The molecule has 1 aromatic carbocycles. The zero-order valence-corrected chi connectivity index (χ0v) is 33.8. The van der Waals surface area contributed by atoms with Crippen LogP contribution in [0.4, 0.5) is 5.82 Å². The van der Waals surface area contributed by atoms with Gasteiger partial charge in [0.2, 0.25) is 5.91 Å². The minimum Gasteiger partial charge on any atom is -0.477 e. The zero-order chi connectivity index (χ0) is 45.1. The van der Waals surface area contributed by atoms with Gasteiger partial charge in [-0.1, -0.05) is 19.1 Å². The number of hydrogen-bond acceptors (Lipinski definition) is 19. The van der Waals surface area contributed by atoms with E-state index in [1.807, 2.05) is 19.1 Å². The number of rotatable bonds is 23. The average molecular weight is 890 g/mol. The third-order valence-electron chi connectivity index (χ3n) is 9.89. The Morgan fingerprint density at radius 2 is 1.79 bits per heavy atom. The van der Waals surface area contributed by atoms with Crippen molar-refractivity contribution in [2.24, 2.45) is 5.92 Å². The van der Waals surface area contributed by atoms with Crippen LogP contribution in [-0.4, -0.2) is 162 Å². The molecule has 12 N–H and O–H groups in total. The fraction of sp³-hybridized carbons (Fsp3) is 0.611. The summed E-state index contributed by atoms with van der Waals surface area (Å²) in [6.45, 7) is -0.246. The number of hydrogen-bond donors (Lipinski definition) is 11. The fourth-order valence-corrected chi connectivity index (χ4v) is 7.45. The van der Waals surface area contributed by atoms with Gasteiger partial charge in [0.1, 0.15) is 36.3 Å². The van der Waals surface area contributed by atoms with Gasteiger partial charge in [-0.05, 0) is 36.6 Å². The number of nitrogens with one attached hydrogen (secondary N) is 2. The van der Waals surface area contributed by atoms with Crippen LogP contribution in [0.5, 0.6) is 0 Å². The smallest absolute Gasteiger partial charge is 0.475 e. The Labute approximate surface area is 347 Å². The first-order valence-electron chi connectivity index (χ1n) is 19.1. The summed E-state index contributed by atoms with van der Waals surface area (Å²) in [5.74, 6) is -8.72. The number of carboxylic acids is 1. The highest BCUT2D eigenvalue weighted by Gasteiger charge is 2.59. The van der Waals surface area contributed by atoms with Gasteiger partial charge in [0.05, 0.1) is 38.6 Å². The van der Waals surface area contributed by atoms with Crippen molar-refractivity contribution >= 4 is 37.2 Å². The van der Waals surface area contributed by atoms with Crippen molar-refractivity contribution in [1.82, 2.24) is 20.2 Å². The van der Waals surface area contributed by atoms with E-state index >= 15 is 0 Å². The number of carboxylic acid groups (broad SMARTS) is 1. The zero-order valence-electron chi connectivity index (χ0n) is 32.9. The number of phosphoric acid groups is 1. The number of carbonyl (C=O) groups excluding carboxylic acids is 3. The van der Waals surface area contributed by atoms with Gasteiger partial charge in [0.25, 0.3) is 11.7 Å². The van der Waals surface area contributed by atoms with Gasteiger partial charge in [0.15, 0.2) is 12.0 Å². The summed E-state index contributed by atoms with van der Waals surface area (Å²) in [6.07, 6.45) is -14.7. The lowest BCUT2D eigenvalue weighted by Crippen LogP contribution is -2.62. The van der Waals surface area contributed by atoms with Crippen LogP contribution in [-0.2, 0) is 48.6 Å². The number of aryl methyl sites for hydroxylation is 1. The first-order valence-corrected chi connectivity index (χ1v) is 20.6. The minimum absolute atomic E-state index is 0.0238. The second kappa shape index (κ2) is 22.2. The van der Waals surface area contributed by atoms with Crippen molar-refractivity contribution < 1.29 is 87.6 Å². The lowest BCUT2D eigenvalue weighted by atomic mass is 9.80. The monoisotopic (exact) mass is 889 g/mol. The molecule has 2 amide bonds. The molecule has 2 saturated heterocycles. The topological polar surface area (TPSA) is 378 Å². The summed E-state index contributed by atoms with van der Waals surface area (Å²) in [6, 6.07) is 8.41. The van der Waals surface area contributed by atoms with Crippen molar-refractivity contribution in [2.75, 3.05) is 45.3 Å². The lowest BCUT2D eigenvalue weighted by Gasteiger charge is -2.46. The van der Waals surface area contributed by atoms with Crippen LogP contribution in [0, 0.1) is 5.92 Å². The van der Waals surface area contributed by atoms with Crippen LogP contribution in [0.1, 0.15) is 54.8 Å². The molecule has 7 unspecified atom stereocenters. The van der Waals surface area contributed by atoms with E-state index in [0.717, 1.165) is 22.7 Å². The molecule has 25 heteroatoms. The second-order valence-electron chi connectivity index (χ2n) is 14.3. The van der Waals surface area contributed by atoms with Gasteiger partial charge in [-0.3, -0.25) is 23.5 Å². The molecule has 2 aliphatic rings. The van der Waals surface area contributed by atoms with E-state index in [9.17, 15) is 69.2 Å². The maximum atomic E-state index is 13.1. The van der Waals surface area contributed by atoms with Crippen molar-refractivity contribution in [3.8, 4) is 0 Å². The number of nitrogen functional groups attached to an aromatic ring is 1. The quantitative estimate of drug-likeness (QED) is 0.0385. The Balaban J connectivity index is 1.28. The molecule has 11 atom stereocenters. The van der Waals surface area contributed by atoms with Gasteiger partial charge < -0.3 is 71.2 Å². The van der Waals surface area contributed by atoms with Gasteiger partial charge in [0, 0.05) is 50.1 Å². The van der Waals surface area contributed by atoms with Crippen LogP contribution in [0.25, 0.3) is 0 Å². The maximum Gasteiger partial charge on any atom is 0.475 e. The molecule has 0 radical (unpaired) electrons. The number of Topliss-reactive ketones (excluding diaryl/α,β-unsaturated/α-hetero) is 1. The Kier molecular flexibility index (Phi) is 18.0. The van der Waals surface area contributed by atoms with E-state index in [1.165, 1.54) is 6.07 Å². The molecule has 2 aromatic rings. The number of anilines is 1. The van der Waals surface area contributed by atoms with Crippen LogP contribution in [0.15, 0.2) is 41.3 Å². The standard InChI is InChI=1S/C36H52N5O19P/c1-2-19-4-6-20(7-5-19)32(50)38-10-3-12-56-13-9-27(46)39-16-21(43)14-22-23(44)15-36(34(51)52,59-31(22)28(47)24(45)17-42)60-61(54,55)57-18-25-29(48)30(49)33(58-25)41-11-8-26(37)40-35(41)53/h4-8,11,22-25,28-31,33,42,44-45,47-49H,2-3,9-10,12-18H2,1H3,(H,38,50)(H,39,46)(H,51,52)(H,54,55)(H2,37,40,53)/t22?,23?,24-,25-,28?,29+,30?,31?,33-,36?/m1/s1. The molecule has 2 fully saturated rings. The first kappa shape index (κ1) is 49.4. The fourth-order valence-electron chi connectivity index (χ4n) is 6.49. The average Bonchev–Trinajstić information content (AvgIpc) is 3.50. The highest BCUT2D eigenvalue weighted by atomic mass is 31.2. The Hall–Kier alpha value is -4.27. The molecule has 2 aliphatic heterocycles. The number of ketones is 1. The van der Waals surface area contributed by atoms with E-state index in [-0.39, 0.29) is 31.4 Å². The minimum atomic E-state index is -5.63. The third-order valence-corrected chi connectivity index (χ3v) is 10.9. The van der Waals surface area contributed by atoms with Crippen molar-refractivity contribution in [3.05, 3.63) is 58.1 Å². The number of aromatic nitrogens is 2. The SMILES string of the molecule is CCc1ccc(C(=O)NCCCOCCC(=O)NCC(=O)CC2C(O)CC(OP(=O)(O)OC[C@H]3O[C@@H](n4ccc(N)nc4=O)C(O)[C@H]3O)(C(=O)O)OC2C(O)[C@H](O)CO)cc1. The molecule has 0 spiro atoms. The second-order valence-corrected chi connectivity index (χ2v) is 15.7. The van der Waals surface area contributed by atoms with Gasteiger partial charge in [-0.15, -0.1) is 0 Å². The van der Waals surface area contributed by atoms with E-state index in [4.69, 9.17) is 29.0 Å². The van der Waals surface area contributed by atoms with Crippen LogP contribution < -0.4 is 22.1 Å².